The van der Waals surface area contributed by atoms with Crippen molar-refractivity contribution in [2.24, 2.45) is 0 Å². The Hall–Kier alpha value is -2.58. The largest absolute Gasteiger partial charge is 0.507 e. The van der Waals surface area contributed by atoms with Gasteiger partial charge in [-0.15, -0.1) is 0 Å². The van der Waals surface area contributed by atoms with Gasteiger partial charge in [0.15, 0.2) is 17.3 Å². The summed E-state index contributed by atoms with van der Waals surface area (Å²) in [5.41, 5.74) is 0.0350. The van der Waals surface area contributed by atoms with Gasteiger partial charge in [0, 0.05) is 6.42 Å². The summed E-state index contributed by atoms with van der Waals surface area (Å²) < 4.78 is 37.8. The number of ketones is 1. The number of carbonyl (C=O) groups is 1. The first kappa shape index (κ1) is 17.8. The molecule has 3 N–H and O–H groups in total. The Bertz CT molecular complexity index is 858. The van der Waals surface area contributed by atoms with Crippen LogP contribution in [-0.4, -0.2) is 36.1 Å². The monoisotopic (exact) mass is 352 g/mol. The van der Waals surface area contributed by atoms with Crippen molar-refractivity contribution in [1.29, 1.82) is 0 Å². The van der Waals surface area contributed by atoms with Gasteiger partial charge in [-0.2, -0.15) is 8.42 Å². The standard InChI is InChI=1S/C16H16O7S/c1-23-15-8-10(6-7-13(15)18)16(24(20,21)22)9-14(19)11-4-2-3-5-12(11)17/h2-8,16-18H,9H2,1H3,(H,20,21,22). The molecule has 0 saturated heterocycles. The van der Waals surface area contributed by atoms with Crippen LogP contribution in [0.2, 0.25) is 0 Å². The Labute approximate surface area is 138 Å². The minimum Gasteiger partial charge on any atom is -0.507 e. The molecule has 1 atom stereocenters. The van der Waals surface area contributed by atoms with E-state index in [0.29, 0.717) is 0 Å². The maximum atomic E-state index is 12.3. The Morgan fingerprint density at radius 3 is 2.38 bits per heavy atom. The number of hydrogen-bond donors (Lipinski definition) is 3. The lowest BCUT2D eigenvalue weighted by atomic mass is 10.0. The fraction of sp³-hybridized carbons (Fsp3) is 0.188. The molecule has 0 bridgehead atoms. The number of carbonyl (C=O) groups excluding carboxylic acids is 1. The van der Waals surface area contributed by atoms with Crippen molar-refractivity contribution in [3.8, 4) is 17.2 Å². The molecule has 0 saturated carbocycles. The molecule has 0 heterocycles. The molecule has 2 aromatic carbocycles. The van der Waals surface area contributed by atoms with Crippen molar-refractivity contribution in [3.63, 3.8) is 0 Å². The molecule has 7 nitrogen and oxygen atoms in total. The average molecular weight is 352 g/mol. The summed E-state index contributed by atoms with van der Waals surface area (Å²) in [6.07, 6.45) is -0.579. The molecule has 0 radical (unpaired) electrons. The van der Waals surface area contributed by atoms with E-state index in [1.54, 1.807) is 0 Å². The predicted octanol–water partition coefficient (Wildman–Crippen LogP) is 2.31. The molecule has 0 spiro atoms. The quantitative estimate of drug-likeness (QED) is 0.539. The van der Waals surface area contributed by atoms with Crippen LogP contribution in [0.1, 0.15) is 27.6 Å². The second kappa shape index (κ2) is 6.90. The molecule has 1 unspecified atom stereocenters. The third-order valence-corrected chi connectivity index (χ3v) is 4.67. The van der Waals surface area contributed by atoms with Gasteiger partial charge in [0.2, 0.25) is 0 Å². The first-order valence-corrected chi connectivity index (χ1v) is 8.38. The van der Waals surface area contributed by atoms with Gasteiger partial charge in [0.05, 0.1) is 12.7 Å². The van der Waals surface area contributed by atoms with Crippen molar-refractivity contribution < 1.29 is 32.7 Å². The van der Waals surface area contributed by atoms with Gasteiger partial charge in [0.25, 0.3) is 10.1 Å². The van der Waals surface area contributed by atoms with Crippen LogP contribution in [0.4, 0.5) is 0 Å². The van der Waals surface area contributed by atoms with E-state index < -0.39 is 27.6 Å². The maximum Gasteiger partial charge on any atom is 0.272 e. The van der Waals surface area contributed by atoms with E-state index in [-0.39, 0.29) is 28.4 Å². The highest BCUT2D eigenvalue weighted by Crippen LogP contribution is 2.34. The van der Waals surface area contributed by atoms with Gasteiger partial charge in [-0.05, 0) is 29.8 Å². The van der Waals surface area contributed by atoms with Crippen LogP contribution in [0.3, 0.4) is 0 Å². The van der Waals surface area contributed by atoms with Gasteiger partial charge < -0.3 is 14.9 Å². The second-order valence-electron chi connectivity index (χ2n) is 5.08. The molecule has 0 aliphatic rings. The molecule has 0 amide bonds. The molecule has 24 heavy (non-hydrogen) atoms. The first-order valence-electron chi connectivity index (χ1n) is 6.88. The van der Waals surface area contributed by atoms with Crippen molar-refractivity contribution in [2.75, 3.05) is 7.11 Å². The lowest BCUT2D eigenvalue weighted by Gasteiger charge is -2.15. The lowest BCUT2D eigenvalue weighted by Crippen LogP contribution is -2.17. The Balaban J connectivity index is 2.41. The van der Waals surface area contributed by atoms with E-state index in [0.717, 1.165) is 0 Å². The van der Waals surface area contributed by atoms with E-state index in [1.165, 1.54) is 49.6 Å². The Morgan fingerprint density at radius 1 is 1.12 bits per heavy atom. The SMILES string of the molecule is COc1cc(C(CC(=O)c2ccccc2O)S(=O)(=O)O)ccc1O. The molecule has 128 valence electrons. The van der Waals surface area contributed by atoms with Crippen LogP contribution in [-0.2, 0) is 10.1 Å². The Kier molecular flexibility index (Phi) is 5.10. The molecule has 0 aliphatic carbocycles. The zero-order chi connectivity index (χ0) is 17.9. The second-order valence-corrected chi connectivity index (χ2v) is 6.68. The van der Waals surface area contributed by atoms with E-state index in [1.807, 2.05) is 0 Å². The highest BCUT2D eigenvalue weighted by atomic mass is 32.2. The summed E-state index contributed by atoms with van der Waals surface area (Å²) in [6, 6.07) is 9.42. The fourth-order valence-corrected chi connectivity index (χ4v) is 3.13. The lowest BCUT2D eigenvalue weighted by molar-refractivity contribution is 0.0977. The van der Waals surface area contributed by atoms with Crippen molar-refractivity contribution in [3.05, 3.63) is 53.6 Å². The summed E-state index contributed by atoms with van der Waals surface area (Å²) >= 11 is 0. The smallest absolute Gasteiger partial charge is 0.272 e. The highest BCUT2D eigenvalue weighted by Gasteiger charge is 2.30. The number of rotatable bonds is 6. The van der Waals surface area contributed by atoms with Crippen molar-refractivity contribution in [1.82, 2.24) is 0 Å². The zero-order valence-corrected chi connectivity index (χ0v) is 13.5. The number of para-hydroxylation sites is 1. The highest BCUT2D eigenvalue weighted by molar-refractivity contribution is 7.86. The number of Topliss-reactive ketones (excluding diaryl/α,β-unsaturated/α-hetero) is 1. The third-order valence-electron chi connectivity index (χ3n) is 3.51. The third kappa shape index (κ3) is 3.84. The summed E-state index contributed by atoms with van der Waals surface area (Å²) in [6.45, 7) is 0. The van der Waals surface area contributed by atoms with Crippen LogP contribution in [0.15, 0.2) is 42.5 Å². The molecular formula is C16H16O7S. The number of methoxy groups -OCH3 is 1. The summed E-state index contributed by atoms with van der Waals surface area (Å²) in [5.74, 6) is -1.12. The molecule has 2 rings (SSSR count). The van der Waals surface area contributed by atoms with Crippen LogP contribution in [0.25, 0.3) is 0 Å². The number of phenolic OH excluding ortho intramolecular Hbond substituents is 2. The van der Waals surface area contributed by atoms with Gasteiger partial charge >= 0.3 is 0 Å². The van der Waals surface area contributed by atoms with E-state index >= 15 is 0 Å². The molecule has 2 aromatic rings. The summed E-state index contributed by atoms with van der Waals surface area (Å²) in [4.78, 5) is 12.3. The topological polar surface area (TPSA) is 121 Å². The Morgan fingerprint density at radius 2 is 1.79 bits per heavy atom. The van der Waals surface area contributed by atoms with Gasteiger partial charge in [0.1, 0.15) is 11.0 Å². The normalized spacial score (nSPS) is 12.6. The average Bonchev–Trinajstić information content (AvgIpc) is 2.52. The van der Waals surface area contributed by atoms with E-state index in [9.17, 15) is 28.0 Å². The van der Waals surface area contributed by atoms with E-state index in [4.69, 9.17) is 4.74 Å². The van der Waals surface area contributed by atoms with Crippen LogP contribution in [0, 0.1) is 0 Å². The van der Waals surface area contributed by atoms with Gasteiger partial charge in [-0.3, -0.25) is 9.35 Å². The number of aromatic hydroxyl groups is 2. The predicted molar refractivity (Wildman–Crippen MR) is 86.0 cm³/mol. The number of ether oxygens (including phenoxy) is 1. The maximum absolute atomic E-state index is 12.3. The molecular weight excluding hydrogens is 336 g/mol. The van der Waals surface area contributed by atoms with Gasteiger partial charge in [-0.25, -0.2) is 0 Å². The van der Waals surface area contributed by atoms with Crippen molar-refractivity contribution in [2.45, 2.75) is 11.7 Å². The fourth-order valence-electron chi connectivity index (χ4n) is 2.28. The number of phenols is 2. The first-order chi connectivity index (χ1) is 11.2. The van der Waals surface area contributed by atoms with Crippen LogP contribution < -0.4 is 4.74 Å². The summed E-state index contributed by atoms with van der Waals surface area (Å²) in [5, 5.41) is 17.7. The zero-order valence-electron chi connectivity index (χ0n) is 12.7. The molecule has 8 heteroatoms. The van der Waals surface area contributed by atoms with Gasteiger partial charge in [-0.1, -0.05) is 18.2 Å². The minimum atomic E-state index is -4.61. The van der Waals surface area contributed by atoms with Crippen LogP contribution >= 0.6 is 0 Å². The van der Waals surface area contributed by atoms with Crippen molar-refractivity contribution >= 4 is 15.9 Å². The minimum absolute atomic E-state index is 0.0103. The molecule has 0 fully saturated rings. The number of hydrogen-bond acceptors (Lipinski definition) is 6. The summed E-state index contributed by atoms with van der Waals surface area (Å²) in [7, 11) is -3.33. The van der Waals surface area contributed by atoms with Crippen LogP contribution in [0.5, 0.6) is 17.2 Å². The molecule has 0 aromatic heterocycles. The number of benzene rings is 2. The van der Waals surface area contributed by atoms with E-state index in [2.05, 4.69) is 0 Å². The molecule has 0 aliphatic heterocycles.